The van der Waals surface area contributed by atoms with E-state index in [9.17, 15) is 14.4 Å². The molecule has 0 saturated heterocycles. The van der Waals surface area contributed by atoms with E-state index in [4.69, 9.17) is 9.15 Å². The fourth-order valence-electron chi connectivity index (χ4n) is 3.23. The van der Waals surface area contributed by atoms with Gasteiger partial charge in [0.25, 0.3) is 0 Å². The summed E-state index contributed by atoms with van der Waals surface area (Å²) in [6.45, 7) is 5.47. The number of hydrogen-bond acceptors (Lipinski definition) is 6. The van der Waals surface area contributed by atoms with Crippen molar-refractivity contribution in [2.24, 2.45) is 0 Å². The van der Waals surface area contributed by atoms with Crippen molar-refractivity contribution in [3.8, 4) is 5.75 Å². The van der Waals surface area contributed by atoms with Gasteiger partial charge < -0.3 is 14.5 Å². The first kappa shape index (κ1) is 20.8. The van der Waals surface area contributed by atoms with Gasteiger partial charge in [-0.1, -0.05) is 0 Å². The second-order valence-corrected chi connectivity index (χ2v) is 7.66. The molecule has 2 heterocycles. The SMILES string of the molecule is CC(=O)Oc1ccc2c(C)c(CCC(=O)NCCc3ccsc3)c(=O)oc2c1C. The molecule has 6 nitrogen and oxygen atoms in total. The van der Waals surface area contributed by atoms with Gasteiger partial charge in [-0.25, -0.2) is 4.79 Å². The van der Waals surface area contributed by atoms with E-state index < -0.39 is 11.6 Å². The third-order valence-electron chi connectivity index (χ3n) is 4.83. The molecule has 1 amide bonds. The smallest absolute Gasteiger partial charge is 0.339 e. The Bertz CT molecular complexity index is 1100. The lowest BCUT2D eigenvalue weighted by Gasteiger charge is -2.12. The van der Waals surface area contributed by atoms with E-state index in [-0.39, 0.29) is 12.3 Å². The van der Waals surface area contributed by atoms with Crippen molar-refractivity contribution in [2.45, 2.75) is 40.0 Å². The zero-order valence-electron chi connectivity index (χ0n) is 16.7. The lowest BCUT2D eigenvalue weighted by Crippen LogP contribution is -2.26. The summed E-state index contributed by atoms with van der Waals surface area (Å²) in [5.41, 5.74) is 2.99. The van der Waals surface area contributed by atoms with Crippen LogP contribution in [0.2, 0.25) is 0 Å². The maximum absolute atomic E-state index is 12.5. The molecule has 0 radical (unpaired) electrons. The van der Waals surface area contributed by atoms with Gasteiger partial charge in [-0.3, -0.25) is 9.59 Å². The molecule has 0 fully saturated rings. The van der Waals surface area contributed by atoms with E-state index in [1.54, 1.807) is 30.4 Å². The van der Waals surface area contributed by atoms with Crippen LogP contribution < -0.4 is 15.7 Å². The number of aryl methyl sites for hydroxylation is 2. The van der Waals surface area contributed by atoms with Crippen molar-refractivity contribution in [3.05, 3.63) is 61.6 Å². The van der Waals surface area contributed by atoms with Gasteiger partial charge in [0.15, 0.2) is 0 Å². The summed E-state index contributed by atoms with van der Waals surface area (Å²) in [7, 11) is 0. The van der Waals surface area contributed by atoms with Gasteiger partial charge >= 0.3 is 11.6 Å². The Morgan fingerprint density at radius 1 is 1.14 bits per heavy atom. The van der Waals surface area contributed by atoms with E-state index >= 15 is 0 Å². The largest absolute Gasteiger partial charge is 0.426 e. The fourth-order valence-corrected chi connectivity index (χ4v) is 3.94. The Hall–Kier alpha value is -2.93. The number of ether oxygens (including phenoxy) is 1. The van der Waals surface area contributed by atoms with Crippen molar-refractivity contribution >= 4 is 34.2 Å². The van der Waals surface area contributed by atoms with E-state index in [0.717, 1.165) is 17.4 Å². The molecule has 1 aromatic carbocycles. The first-order chi connectivity index (χ1) is 13.9. The van der Waals surface area contributed by atoms with Crippen LogP contribution in [0.4, 0.5) is 0 Å². The molecule has 3 rings (SSSR count). The van der Waals surface area contributed by atoms with Gasteiger partial charge in [0.1, 0.15) is 11.3 Å². The monoisotopic (exact) mass is 413 g/mol. The molecule has 0 aliphatic rings. The maximum atomic E-state index is 12.5. The lowest BCUT2D eigenvalue weighted by atomic mass is 10.00. The van der Waals surface area contributed by atoms with Crippen LogP contribution in [-0.2, 0) is 22.4 Å². The number of benzene rings is 1. The Kier molecular flexibility index (Phi) is 6.49. The normalized spacial score (nSPS) is 10.9. The van der Waals surface area contributed by atoms with Crippen molar-refractivity contribution < 1.29 is 18.7 Å². The quantitative estimate of drug-likeness (QED) is 0.363. The number of nitrogens with one attached hydrogen (secondary N) is 1. The predicted molar refractivity (Wildman–Crippen MR) is 113 cm³/mol. The fraction of sp³-hybridized carbons (Fsp3) is 0.318. The third-order valence-corrected chi connectivity index (χ3v) is 5.56. The minimum Gasteiger partial charge on any atom is -0.426 e. The average Bonchev–Trinajstić information content (AvgIpc) is 3.17. The van der Waals surface area contributed by atoms with Gasteiger partial charge in [-0.2, -0.15) is 11.3 Å². The molecule has 0 bridgehead atoms. The Morgan fingerprint density at radius 2 is 1.93 bits per heavy atom. The Labute approximate surface area is 172 Å². The highest BCUT2D eigenvalue weighted by Gasteiger charge is 2.16. The summed E-state index contributed by atoms with van der Waals surface area (Å²) in [4.78, 5) is 35.9. The van der Waals surface area contributed by atoms with Crippen LogP contribution in [0.1, 0.15) is 35.6 Å². The molecule has 0 atom stereocenters. The topological polar surface area (TPSA) is 85.6 Å². The zero-order valence-corrected chi connectivity index (χ0v) is 17.5. The number of thiophene rings is 1. The zero-order chi connectivity index (χ0) is 21.0. The summed E-state index contributed by atoms with van der Waals surface area (Å²) in [6, 6.07) is 5.49. The molecule has 2 aromatic heterocycles. The van der Waals surface area contributed by atoms with E-state index in [1.807, 2.05) is 18.4 Å². The standard InChI is InChI=1S/C22H23NO5S/c1-13-17-4-6-19(27-15(3)24)14(2)21(17)28-22(26)18(13)5-7-20(25)23-10-8-16-9-11-29-12-16/h4,6,9,11-12H,5,7-8,10H2,1-3H3,(H,23,25). The molecule has 152 valence electrons. The molecular weight excluding hydrogens is 390 g/mol. The van der Waals surface area contributed by atoms with Gasteiger partial charge in [-0.05, 0) is 66.8 Å². The van der Waals surface area contributed by atoms with Crippen molar-refractivity contribution in [2.75, 3.05) is 6.54 Å². The molecule has 0 saturated carbocycles. The van der Waals surface area contributed by atoms with E-state index in [1.165, 1.54) is 12.5 Å². The van der Waals surface area contributed by atoms with Crippen LogP contribution in [0.25, 0.3) is 11.0 Å². The highest BCUT2D eigenvalue weighted by molar-refractivity contribution is 7.07. The summed E-state index contributed by atoms with van der Waals surface area (Å²) in [6.07, 6.45) is 1.31. The molecule has 0 unspecified atom stereocenters. The van der Waals surface area contributed by atoms with Crippen molar-refractivity contribution in [3.63, 3.8) is 0 Å². The second kappa shape index (κ2) is 9.05. The minimum absolute atomic E-state index is 0.0967. The molecule has 1 N–H and O–H groups in total. The molecule has 0 aliphatic heterocycles. The van der Waals surface area contributed by atoms with Crippen molar-refractivity contribution in [1.82, 2.24) is 5.32 Å². The molecule has 29 heavy (non-hydrogen) atoms. The molecule has 3 aromatic rings. The van der Waals surface area contributed by atoms with Gasteiger partial charge in [0.05, 0.1) is 0 Å². The predicted octanol–water partition coefficient (Wildman–Crippen LogP) is 3.69. The second-order valence-electron chi connectivity index (χ2n) is 6.88. The summed E-state index contributed by atoms with van der Waals surface area (Å²) < 4.78 is 10.7. The Balaban J connectivity index is 1.71. The van der Waals surface area contributed by atoms with E-state index in [2.05, 4.69) is 10.7 Å². The van der Waals surface area contributed by atoms with Gasteiger partial charge in [0.2, 0.25) is 5.91 Å². The number of carbonyl (C=O) groups excluding carboxylic acids is 2. The van der Waals surface area contributed by atoms with Gasteiger partial charge in [-0.15, -0.1) is 0 Å². The summed E-state index contributed by atoms with van der Waals surface area (Å²) in [5, 5.41) is 7.73. The third kappa shape index (κ3) is 4.92. The first-order valence-electron chi connectivity index (χ1n) is 9.39. The average molecular weight is 413 g/mol. The maximum Gasteiger partial charge on any atom is 0.339 e. The number of fused-ring (bicyclic) bond motifs is 1. The van der Waals surface area contributed by atoms with Crippen LogP contribution in [0.3, 0.4) is 0 Å². The number of carbonyl (C=O) groups is 2. The summed E-state index contributed by atoms with van der Waals surface area (Å²) in [5.74, 6) is -0.168. The number of rotatable bonds is 7. The molecular formula is C22H23NO5S. The Morgan fingerprint density at radius 3 is 2.62 bits per heavy atom. The molecule has 7 heteroatoms. The lowest BCUT2D eigenvalue weighted by molar-refractivity contribution is -0.132. The minimum atomic E-state index is -0.468. The van der Waals surface area contributed by atoms with Crippen molar-refractivity contribution in [1.29, 1.82) is 0 Å². The highest BCUT2D eigenvalue weighted by atomic mass is 32.1. The van der Waals surface area contributed by atoms with Crippen LogP contribution in [0.5, 0.6) is 5.75 Å². The van der Waals surface area contributed by atoms with Crippen LogP contribution in [0, 0.1) is 13.8 Å². The van der Waals surface area contributed by atoms with Crippen LogP contribution in [-0.4, -0.2) is 18.4 Å². The van der Waals surface area contributed by atoms with Gasteiger partial charge in [0, 0.05) is 36.4 Å². The first-order valence-corrected chi connectivity index (χ1v) is 10.3. The van der Waals surface area contributed by atoms with Crippen LogP contribution >= 0.6 is 11.3 Å². The van der Waals surface area contributed by atoms with E-state index in [0.29, 0.717) is 35.4 Å². The summed E-state index contributed by atoms with van der Waals surface area (Å²) >= 11 is 1.63. The number of esters is 1. The highest BCUT2D eigenvalue weighted by Crippen LogP contribution is 2.29. The van der Waals surface area contributed by atoms with Crippen LogP contribution in [0.15, 0.2) is 38.2 Å². The number of amides is 1. The molecule has 0 spiro atoms. The molecule has 0 aliphatic carbocycles. The number of hydrogen-bond donors (Lipinski definition) is 1.